The Morgan fingerprint density at radius 3 is 2.50 bits per heavy atom. The van der Waals surface area contributed by atoms with E-state index in [1.807, 2.05) is 0 Å². The molecule has 1 aromatic rings. The Kier molecular flexibility index (Phi) is 5.43. The van der Waals surface area contributed by atoms with Crippen LogP contribution in [0.4, 0.5) is 0 Å². The minimum Gasteiger partial charge on any atom is -0.313 e. The Morgan fingerprint density at radius 1 is 0.950 bits per heavy atom. The zero-order valence-corrected chi connectivity index (χ0v) is 13.2. The summed E-state index contributed by atoms with van der Waals surface area (Å²) in [4.78, 5) is 0. The molecule has 2 aliphatic rings. The second-order valence-electron chi connectivity index (χ2n) is 6.37. The molecule has 3 rings (SSSR count). The monoisotopic (exact) mass is 289 g/mol. The number of hydrogen-bond acceptors (Lipinski definition) is 2. The molecule has 2 unspecified atom stereocenters. The molecule has 1 heterocycles. The average Bonchev–Trinajstić information content (AvgIpc) is 2.55. The van der Waals surface area contributed by atoms with Crippen LogP contribution in [0.15, 0.2) is 30.3 Å². The van der Waals surface area contributed by atoms with Gasteiger partial charge in [0.2, 0.25) is 0 Å². The minimum atomic E-state index is 0.709. The molecule has 1 nitrogen and oxygen atoms in total. The summed E-state index contributed by atoms with van der Waals surface area (Å²) in [6.07, 6.45) is 8.36. The van der Waals surface area contributed by atoms with Crippen LogP contribution in [-0.2, 0) is 0 Å². The number of hydrogen-bond donors (Lipinski definition) is 1. The summed E-state index contributed by atoms with van der Waals surface area (Å²) in [5, 5.41) is 3.93. The van der Waals surface area contributed by atoms with Crippen LogP contribution in [0.2, 0.25) is 0 Å². The van der Waals surface area contributed by atoms with Crippen LogP contribution in [0.5, 0.6) is 0 Å². The predicted octanol–water partition coefficient (Wildman–Crippen LogP) is 4.45. The van der Waals surface area contributed by atoms with Crippen LogP contribution < -0.4 is 5.32 Å². The molecule has 1 N–H and O–H groups in total. The third-order valence-electron chi connectivity index (χ3n) is 5.00. The highest BCUT2D eigenvalue weighted by Gasteiger charge is 2.26. The largest absolute Gasteiger partial charge is 0.313 e. The van der Waals surface area contributed by atoms with Crippen molar-refractivity contribution in [2.24, 2.45) is 5.92 Å². The molecule has 1 saturated heterocycles. The first kappa shape index (κ1) is 14.5. The number of benzene rings is 1. The quantitative estimate of drug-likeness (QED) is 0.879. The summed E-state index contributed by atoms with van der Waals surface area (Å²) in [6.45, 7) is 1.24. The number of rotatable bonds is 4. The molecular formula is C18H27NS. The molecule has 1 aromatic carbocycles. The molecular weight excluding hydrogens is 262 g/mol. The van der Waals surface area contributed by atoms with Gasteiger partial charge in [0.25, 0.3) is 0 Å². The first-order chi connectivity index (χ1) is 9.93. The van der Waals surface area contributed by atoms with Gasteiger partial charge in [0.15, 0.2) is 0 Å². The Bertz CT molecular complexity index is 386. The highest BCUT2D eigenvalue weighted by molar-refractivity contribution is 7.99. The fourth-order valence-electron chi connectivity index (χ4n) is 3.74. The molecule has 2 fully saturated rings. The van der Waals surface area contributed by atoms with Gasteiger partial charge in [0, 0.05) is 6.04 Å². The van der Waals surface area contributed by atoms with E-state index in [1.54, 1.807) is 5.56 Å². The van der Waals surface area contributed by atoms with Gasteiger partial charge < -0.3 is 5.32 Å². The third kappa shape index (κ3) is 3.79. The Morgan fingerprint density at radius 2 is 1.70 bits per heavy atom. The van der Waals surface area contributed by atoms with Crippen molar-refractivity contribution in [1.29, 1.82) is 0 Å². The van der Waals surface area contributed by atoms with Crippen LogP contribution in [-0.4, -0.2) is 24.1 Å². The Balaban J connectivity index is 1.57. The summed E-state index contributed by atoms with van der Waals surface area (Å²) in [5.74, 6) is 4.41. The lowest BCUT2D eigenvalue weighted by molar-refractivity contribution is 0.304. The molecule has 0 spiro atoms. The normalized spacial score (nSPS) is 28.4. The highest BCUT2D eigenvalue weighted by atomic mass is 32.2. The summed E-state index contributed by atoms with van der Waals surface area (Å²) in [5.41, 5.74) is 1.55. The topological polar surface area (TPSA) is 12.0 Å². The summed E-state index contributed by atoms with van der Waals surface area (Å²) >= 11 is 2.13. The fraction of sp³-hybridized carbons (Fsp3) is 0.667. The zero-order valence-electron chi connectivity index (χ0n) is 12.4. The molecule has 2 heteroatoms. The molecule has 0 bridgehead atoms. The highest BCUT2D eigenvalue weighted by Crippen LogP contribution is 2.33. The number of thioether (sulfide) groups is 1. The molecule has 1 aliphatic heterocycles. The van der Waals surface area contributed by atoms with E-state index >= 15 is 0 Å². The van der Waals surface area contributed by atoms with Crippen molar-refractivity contribution in [2.45, 2.75) is 50.5 Å². The summed E-state index contributed by atoms with van der Waals surface area (Å²) < 4.78 is 0. The van der Waals surface area contributed by atoms with Gasteiger partial charge >= 0.3 is 0 Å². The van der Waals surface area contributed by atoms with E-state index in [1.165, 1.54) is 56.6 Å². The SMILES string of the molecule is c1ccc(C2CCCCC2NCC2CCSCC2)cc1. The van der Waals surface area contributed by atoms with Crippen LogP contribution in [0, 0.1) is 5.92 Å². The van der Waals surface area contributed by atoms with Crippen LogP contribution in [0.1, 0.15) is 50.0 Å². The Hall–Kier alpha value is -0.470. The molecule has 110 valence electrons. The van der Waals surface area contributed by atoms with Gasteiger partial charge in [-0.3, -0.25) is 0 Å². The van der Waals surface area contributed by atoms with Gasteiger partial charge in [0.05, 0.1) is 0 Å². The van der Waals surface area contributed by atoms with Crippen LogP contribution in [0.3, 0.4) is 0 Å². The van der Waals surface area contributed by atoms with Crippen molar-refractivity contribution >= 4 is 11.8 Å². The van der Waals surface area contributed by atoms with Gasteiger partial charge in [0.1, 0.15) is 0 Å². The van der Waals surface area contributed by atoms with E-state index in [-0.39, 0.29) is 0 Å². The van der Waals surface area contributed by atoms with E-state index in [0.717, 1.165) is 11.8 Å². The first-order valence-electron chi connectivity index (χ1n) is 8.29. The summed E-state index contributed by atoms with van der Waals surface area (Å²) in [6, 6.07) is 11.9. The Labute approximate surface area is 127 Å². The molecule has 0 aromatic heterocycles. The van der Waals surface area contributed by atoms with E-state index in [0.29, 0.717) is 6.04 Å². The second kappa shape index (κ2) is 7.51. The third-order valence-corrected chi connectivity index (χ3v) is 6.05. The van der Waals surface area contributed by atoms with Gasteiger partial charge in [-0.15, -0.1) is 0 Å². The van der Waals surface area contributed by atoms with E-state index in [9.17, 15) is 0 Å². The molecule has 0 amide bonds. The van der Waals surface area contributed by atoms with Crippen LogP contribution >= 0.6 is 11.8 Å². The molecule has 1 aliphatic carbocycles. The lowest BCUT2D eigenvalue weighted by atomic mass is 9.80. The van der Waals surface area contributed by atoms with Crippen molar-refractivity contribution in [3.8, 4) is 0 Å². The van der Waals surface area contributed by atoms with Gasteiger partial charge in [-0.05, 0) is 61.1 Å². The molecule has 1 saturated carbocycles. The lowest BCUT2D eigenvalue weighted by Crippen LogP contribution is -2.40. The van der Waals surface area contributed by atoms with Crippen molar-refractivity contribution in [3.63, 3.8) is 0 Å². The smallest absolute Gasteiger partial charge is 0.0136 e. The predicted molar refractivity (Wildman–Crippen MR) is 89.5 cm³/mol. The molecule has 2 atom stereocenters. The van der Waals surface area contributed by atoms with Crippen molar-refractivity contribution in [1.82, 2.24) is 5.32 Å². The number of nitrogens with one attached hydrogen (secondary N) is 1. The van der Waals surface area contributed by atoms with Crippen LogP contribution in [0.25, 0.3) is 0 Å². The lowest BCUT2D eigenvalue weighted by Gasteiger charge is -2.34. The maximum Gasteiger partial charge on any atom is 0.0136 e. The van der Waals surface area contributed by atoms with Crippen molar-refractivity contribution < 1.29 is 0 Å². The fourth-order valence-corrected chi connectivity index (χ4v) is 4.95. The summed E-state index contributed by atoms with van der Waals surface area (Å²) in [7, 11) is 0. The molecule has 20 heavy (non-hydrogen) atoms. The maximum absolute atomic E-state index is 3.93. The van der Waals surface area contributed by atoms with Gasteiger partial charge in [-0.1, -0.05) is 43.2 Å². The molecule has 0 radical (unpaired) electrons. The first-order valence-corrected chi connectivity index (χ1v) is 9.45. The average molecular weight is 289 g/mol. The van der Waals surface area contributed by atoms with E-state index in [4.69, 9.17) is 0 Å². The van der Waals surface area contributed by atoms with E-state index < -0.39 is 0 Å². The van der Waals surface area contributed by atoms with Crippen molar-refractivity contribution in [2.75, 3.05) is 18.1 Å². The van der Waals surface area contributed by atoms with Gasteiger partial charge in [-0.2, -0.15) is 11.8 Å². The minimum absolute atomic E-state index is 0.709. The maximum atomic E-state index is 3.93. The standard InChI is InChI=1S/C18H27NS/c1-2-6-16(7-3-1)17-8-4-5-9-18(17)19-14-15-10-12-20-13-11-15/h1-3,6-7,15,17-19H,4-5,8-14H2. The van der Waals surface area contributed by atoms with Crippen molar-refractivity contribution in [3.05, 3.63) is 35.9 Å². The zero-order chi connectivity index (χ0) is 13.6. The van der Waals surface area contributed by atoms with E-state index in [2.05, 4.69) is 47.4 Å². The second-order valence-corrected chi connectivity index (χ2v) is 7.60. The van der Waals surface area contributed by atoms with Gasteiger partial charge in [-0.25, -0.2) is 0 Å².